The number of anilines is 1. The summed E-state index contributed by atoms with van der Waals surface area (Å²) in [5.74, 6) is -0.0765. The molecule has 3 rings (SSSR count). The van der Waals surface area contributed by atoms with Gasteiger partial charge in [0.25, 0.3) is 0 Å². The fourth-order valence-corrected chi connectivity index (χ4v) is 6.69. The second-order valence-corrected chi connectivity index (χ2v) is 8.86. The third-order valence-electron chi connectivity index (χ3n) is 3.42. The van der Waals surface area contributed by atoms with Crippen LogP contribution in [0.1, 0.15) is 6.92 Å². The van der Waals surface area contributed by atoms with E-state index in [2.05, 4.69) is 4.99 Å². The van der Waals surface area contributed by atoms with E-state index in [-0.39, 0.29) is 28.7 Å². The molecule has 8 heteroatoms. The fraction of sp³-hybridized carbons (Fsp3) is 0.385. The molecule has 5 nitrogen and oxygen atoms in total. The third-order valence-corrected chi connectivity index (χ3v) is 6.89. The summed E-state index contributed by atoms with van der Waals surface area (Å²) in [5.41, 5.74) is 0.802. The molecule has 1 aromatic rings. The SMILES string of the molecule is CC(=O)N=C1S[C@@H]2CS(=O)(=O)C[C@H]2N1c1ccc(Cl)cc1. The molecular formula is C13H13ClN2O3S2. The van der Waals surface area contributed by atoms with Gasteiger partial charge in [-0.1, -0.05) is 23.4 Å². The molecule has 0 saturated carbocycles. The van der Waals surface area contributed by atoms with Crippen LogP contribution in [0.3, 0.4) is 0 Å². The average molecular weight is 345 g/mol. The number of aliphatic imine (C=N–C) groups is 1. The van der Waals surface area contributed by atoms with Crippen molar-refractivity contribution < 1.29 is 13.2 Å². The predicted molar refractivity (Wildman–Crippen MR) is 85.9 cm³/mol. The number of carbonyl (C=O) groups excluding carboxylic acids is 1. The van der Waals surface area contributed by atoms with Gasteiger partial charge in [-0.3, -0.25) is 4.79 Å². The maximum Gasteiger partial charge on any atom is 0.244 e. The van der Waals surface area contributed by atoms with Crippen molar-refractivity contribution in [3.8, 4) is 0 Å². The second kappa shape index (κ2) is 5.30. The van der Waals surface area contributed by atoms with E-state index in [4.69, 9.17) is 11.6 Å². The first kappa shape index (κ1) is 14.9. The van der Waals surface area contributed by atoms with Crippen molar-refractivity contribution in [2.45, 2.75) is 18.2 Å². The number of hydrogen-bond donors (Lipinski definition) is 0. The lowest BCUT2D eigenvalue weighted by Gasteiger charge is -2.24. The van der Waals surface area contributed by atoms with Crippen molar-refractivity contribution in [2.24, 2.45) is 4.99 Å². The predicted octanol–water partition coefficient (Wildman–Crippen LogP) is 1.96. The maximum absolute atomic E-state index is 11.8. The summed E-state index contributed by atoms with van der Waals surface area (Å²) in [4.78, 5) is 17.2. The highest BCUT2D eigenvalue weighted by atomic mass is 35.5. The number of nitrogens with zero attached hydrogens (tertiary/aromatic N) is 2. The van der Waals surface area contributed by atoms with Crippen LogP contribution in [-0.4, -0.2) is 42.3 Å². The third kappa shape index (κ3) is 2.95. The fourth-order valence-electron chi connectivity index (χ4n) is 2.60. The summed E-state index contributed by atoms with van der Waals surface area (Å²) in [6.45, 7) is 1.39. The van der Waals surface area contributed by atoms with E-state index in [9.17, 15) is 13.2 Å². The molecule has 0 radical (unpaired) electrons. The van der Waals surface area contributed by atoms with Crippen LogP contribution >= 0.6 is 23.4 Å². The van der Waals surface area contributed by atoms with Crippen molar-refractivity contribution >= 4 is 50.0 Å². The van der Waals surface area contributed by atoms with Gasteiger partial charge in [-0.15, -0.1) is 0 Å². The zero-order valence-electron chi connectivity index (χ0n) is 11.2. The number of amides is 1. The van der Waals surface area contributed by atoms with Gasteiger partial charge in [-0.05, 0) is 24.3 Å². The highest BCUT2D eigenvalue weighted by Crippen LogP contribution is 2.41. The van der Waals surface area contributed by atoms with Crippen LogP contribution in [0, 0.1) is 0 Å². The monoisotopic (exact) mass is 344 g/mol. The standard InChI is InChI=1S/C13H13ClN2O3S2/c1-8(17)15-13-16(10-4-2-9(14)3-5-10)11-6-21(18,19)7-12(11)20-13/h2-5,11-12H,6-7H2,1H3/t11-,12-/m1/s1. The number of rotatable bonds is 1. The number of hydrogen-bond acceptors (Lipinski definition) is 4. The van der Waals surface area contributed by atoms with E-state index in [1.54, 1.807) is 12.1 Å². The van der Waals surface area contributed by atoms with Crippen molar-refractivity contribution in [3.05, 3.63) is 29.3 Å². The number of thioether (sulfide) groups is 1. The second-order valence-electron chi connectivity index (χ2n) is 5.06. The van der Waals surface area contributed by atoms with Gasteiger partial charge in [0.2, 0.25) is 5.91 Å². The summed E-state index contributed by atoms with van der Waals surface area (Å²) in [6.07, 6.45) is 0. The van der Waals surface area contributed by atoms with Crippen LogP contribution in [0.15, 0.2) is 29.3 Å². The topological polar surface area (TPSA) is 66.8 Å². The highest BCUT2D eigenvalue weighted by Gasteiger charge is 2.49. The number of amidine groups is 1. The van der Waals surface area contributed by atoms with Crippen molar-refractivity contribution in [3.63, 3.8) is 0 Å². The Hall–Kier alpha value is -1.05. The van der Waals surface area contributed by atoms with Gasteiger partial charge in [-0.2, -0.15) is 4.99 Å². The Bertz CT molecular complexity index is 715. The van der Waals surface area contributed by atoms with Gasteiger partial charge in [-0.25, -0.2) is 8.42 Å². The van der Waals surface area contributed by atoms with Gasteiger partial charge < -0.3 is 4.90 Å². The first-order valence-corrected chi connectivity index (χ1v) is 9.45. The van der Waals surface area contributed by atoms with Crippen molar-refractivity contribution in [2.75, 3.05) is 16.4 Å². The van der Waals surface area contributed by atoms with Gasteiger partial charge in [0.05, 0.1) is 17.5 Å². The smallest absolute Gasteiger partial charge is 0.244 e. The normalized spacial score (nSPS) is 28.9. The zero-order chi connectivity index (χ0) is 15.2. The lowest BCUT2D eigenvalue weighted by Crippen LogP contribution is -2.37. The molecule has 0 spiro atoms. The molecule has 2 saturated heterocycles. The molecule has 2 atom stereocenters. The number of halogens is 1. The number of carbonyl (C=O) groups is 1. The Morgan fingerprint density at radius 2 is 2.00 bits per heavy atom. The minimum atomic E-state index is -3.03. The first-order valence-electron chi connectivity index (χ1n) is 6.37. The number of fused-ring (bicyclic) bond motifs is 1. The summed E-state index contributed by atoms with van der Waals surface area (Å²) in [5, 5.41) is 1.09. The Morgan fingerprint density at radius 3 is 2.62 bits per heavy atom. The molecule has 2 heterocycles. The molecule has 0 aliphatic carbocycles. The van der Waals surface area contributed by atoms with Crippen LogP contribution in [0.4, 0.5) is 5.69 Å². The van der Waals surface area contributed by atoms with Crippen LogP contribution in [-0.2, 0) is 14.6 Å². The van der Waals surface area contributed by atoms with Crippen LogP contribution in [0.2, 0.25) is 5.02 Å². The van der Waals surface area contributed by atoms with Crippen molar-refractivity contribution in [1.82, 2.24) is 0 Å². The molecule has 0 bridgehead atoms. The average Bonchev–Trinajstić information content (AvgIpc) is 2.81. The Balaban J connectivity index is 2.02. The minimum absolute atomic E-state index is 0.0798. The molecule has 1 amide bonds. The quantitative estimate of drug-likeness (QED) is 0.779. The number of sulfone groups is 1. The Labute approximate surface area is 132 Å². The highest BCUT2D eigenvalue weighted by molar-refractivity contribution is 8.16. The van der Waals surface area contributed by atoms with Gasteiger partial charge in [0.15, 0.2) is 15.0 Å². The van der Waals surface area contributed by atoms with Crippen LogP contribution in [0.25, 0.3) is 0 Å². The maximum atomic E-state index is 11.8. The molecule has 112 valence electrons. The van der Waals surface area contributed by atoms with Gasteiger partial charge in [0.1, 0.15) is 0 Å². The lowest BCUT2D eigenvalue weighted by molar-refractivity contribution is -0.115. The van der Waals surface area contributed by atoms with Crippen LogP contribution in [0.5, 0.6) is 0 Å². The van der Waals surface area contributed by atoms with E-state index in [1.807, 2.05) is 17.0 Å². The largest absolute Gasteiger partial charge is 0.316 e. The Morgan fingerprint density at radius 1 is 1.33 bits per heavy atom. The van der Waals surface area contributed by atoms with E-state index in [1.165, 1.54) is 18.7 Å². The van der Waals surface area contributed by atoms with E-state index in [0.717, 1.165) is 5.69 Å². The molecule has 2 aliphatic rings. The van der Waals surface area contributed by atoms with Crippen molar-refractivity contribution in [1.29, 1.82) is 0 Å². The number of benzene rings is 1. The van der Waals surface area contributed by atoms with Crippen LogP contribution < -0.4 is 4.90 Å². The van der Waals surface area contributed by atoms with E-state index in [0.29, 0.717) is 10.2 Å². The molecule has 0 aromatic heterocycles. The molecule has 21 heavy (non-hydrogen) atoms. The summed E-state index contributed by atoms with van der Waals surface area (Å²) < 4.78 is 23.7. The Kier molecular flexibility index (Phi) is 3.75. The molecule has 2 aliphatic heterocycles. The van der Waals surface area contributed by atoms with E-state index < -0.39 is 9.84 Å². The molecular weight excluding hydrogens is 332 g/mol. The minimum Gasteiger partial charge on any atom is -0.316 e. The summed E-state index contributed by atoms with van der Waals surface area (Å²) in [6, 6.07) is 6.92. The zero-order valence-corrected chi connectivity index (χ0v) is 13.6. The molecule has 1 aromatic carbocycles. The van der Waals surface area contributed by atoms with E-state index >= 15 is 0 Å². The summed E-state index contributed by atoms with van der Waals surface area (Å²) >= 11 is 7.25. The van der Waals surface area contributed by atoms with Gasteiger partial charge in [0, 0.05) is 22.9 Å². The molecule has 0 unspecified atom stereocenters. The lowest BCUT2D eigenvalue weighted by atomic mass is 10.2. The van der Waals surface area contributed by atoms with Gasteiger partial charge >= 0.3 is 0 Å². The first-order chi connectivity index (χ1) is 9.85. The molecule has 2 fully saturated rings. The molecule has 0 N–H and O–H groups in total. The summed E-state index contributed by atoms with van der Waals surface area (Å²) in [7, 11) is -3.03.